The molecule has 0 aliphatic carbocycles. The van der Waals surface area contributed by atoms with E-state index in [-0.39, 0.29) is 0 Å². The fourth-order valence-corrected chi connectivity index (χ4v) is 2.51. The molecular weight excluding hydrogens is 182 g/mol. The summed E-state index contributed by atoms with van der Waals surface area (Å²) in [6.07, 6.45) is 2.69. The number of carbonyl (C=O) groups excluding carboxylic acids is 1. The van der Waals surface area contributed by atoms with Crippen LogP contribution in [0, 0.1) is 0 Å². The van der Waals surface area contributed by atoms with Crippen LogP contribution in [0.15, 0.2) is 28.1 Å². The number of isocyanates is 1. The maximum absolute atomic E-state index is 9.92. The maximum atomic E-state index is 9.92. The molecule has 0 amide bonds. The summed E-state index contributed by atoms with van der Waals surface area (Å²) in [5, 5.41) is 0. The first-order valence-corrected chi connectivity index (χ1v) is 5.17. The second-order valence-electron chi connectivity index (χ2n) is 2.95. The summed E-state index contributed by atoms with van der Waals surface area (Å²) in [7, 11) is 0. The summed E-state index contributed by atoms with van der Waals surface area (Å²) in [4.78, 5) is 14.8. The molecule has 1 heterocycles. The number of hydrogen-bond acceptors (Lipinski definition) is 3. The molecule has 1 aromatic rings. The van der Waals surface area contributed by atoms with Gasteiger partial charge < -0.3 is 0 Å². The number of thioether (sulfide) groups is 1. The third-order valence-corrected chi connectivity index (χ3v) is 3.20. The molecule has 0 fully saturated rings. The van der Waals surface area contributed by atoms with Crippen molar-refractivity contribution in [2.45, 2.75) is 17.9 Å². The highest BCUT2D eigenvalue weighted by molar-refractivity contribution is 7.99. The summed E-state index contributed by atoms with van der Waals surface area (Å²) in [5.74, 6) is 1.18. The van der Waals surface area contributed by atoms with E-state index >= 15 is 0 Å². The van der Waals surface area contributed by atoms with Crippen LogP contribution in [-0.4, -0.2) is 11.8 Å². The molecule has 1 aromatic carbocycles. The van der Waals surface area contributed by atoms with Gasteiger partial charge in [0.1, 0.15) is 0 Å². The van der Waals surface area contributed by atoms with Gasteiger partial charge >= 0.3 is 0 Å². The molecule has 0 unspecified atom stereocenters. The van der Waals surface area contributed by atoms with Gasteiger partial charge in [0.05, 0.1) is 6.54 Å². The fraction of sp³-hybridized carbons (Fsp3) is 0.300. The van der Waals surface area contributed by atoms with Gasteiger partial charge in [-0.15, -0.1) is 11.8 Å². The average Bonchev–Trinajstić information content (AvgIpc) is 2.61. The smallest absolute Gasteiger partial charge is 0.211 e. The van der Waals surface area contributed by atoms with Gasteiger partial charge in [0.2, 0.25) is 6.08 Å². The Morgan fingerprint density at radius 1 is 1.54 bits per heavy atom. The van der Waals surface area contributed by atoms with E-state index in [1.54, 1.807) is 6.08 Å². The summed E-state index contributed by atoms with van der Waals surface area (Å²) in [6.45, 7) is 0.460. The molecule has 3 heteroatoms. The molecule has 2 nitrogen and oxygen atoms in total. The normalized spacial score (nSPS) is 13.5. The summed E-state index contributed by atoms with van der Waals surface area (Å²) in [5.41, 5.74) is 2.49. The Hall–Kier alpha value is -1.05. The van der Waals surface area contributed by atoms with Gasteiger partial charge in [-0.1, -0.05) is 12.1 Å². The molecule has 1 aliphatic rings. The molecule has 0 saturated carbocycles. The van der Waals surface area contributed by atoms with Crippen LogP contribution < -0.4 is 0 Å². The van der Waals surface area contributed by atoms with E-state index in [0.717, 1.165) is 12.0 Å². The summed E-state index contributed by atoms with van der Waals surface area (Å²) < 4.78 is 0. The van der Waals surface area contributed by atoms with Crippen molar-refractivity contribution in [3.05, 3.63) is 29.3 Å². The first-order valence-electron chi connectivity index (χ1n) is 4.18. The second kappa shape index (κ2) is 3.77. The molecule has 1 aliphatic heterocycles. The van der Waals surface area contributed by atoms with E-state index in [0.29, 0.717) is 6.54 Å². The SMILES string of the molecule is O=C=NCc1ccc2c(c1)CCS2. The van der Waals surface area contributed by atoms with Crippen molar-refractivity contribution in [2.75, 3.05) is 5.75 Å². The van der Waals surface area contributed by atoms with Crippen molar-refractivity contribution in [3.8, 4) is 0 Å². The molecule has 0 N–H and O–H groups in total. The highest BCUT2D eigenvalue weighted by Crippen LogP contribution is 2.31. The molecule has 2 rings (SSSR count). The van der Waals surface area contributed by atoms with Gasteiger partial charge in [0.15, 0.2) is 0 Å². The van der Waals surface area contributed by atoms with E-state index in [9.17, 15) is 4.79 Å². The largest absolute Gasteiger partial charge is 0.235 e. The Morgan fingerprint density at radius 3 is 3.31 bits per heavy atom. The van der Waals surface area contributed by atoms with Crippen molar-refractivity contribution in [3.63, 3.8) is 0 Å². The average molecular weight is 191 g/mol. The zero-order valence-corrected chi connectivity index (χ0v) is 7.93. The van der Waals surface area contributed by atoms with Crippen LogP contribution in [-0.2, 0) is 17.8 Å². The number of fused-ring (bicyclic) bond motifs is 1. The lowest BCUT2D eigenvalue weighted by atomic mass is 10.1. The Morgan fingerprint density at radius 2 is 2.46 bits per heavy atom. The topological polar surface area (TPSA) is 29.4 Å². The van der Waals surface area contributed by atoms with E-state index in [2.05, 4.69) is 17.1 Å². The number of hydrogen-bond donors (Lipinski definition) is 0. The Labute approximate surface area is 81.1 Å². The van der Waals surface area contributed by atoms with Crippen LogP contribution in [0.5, 0.6) is 0 Å². The van der Waals surface area contributed by atoms with Crippen LogP contribution in [0.3, 0.4) is 0 Å². The molecule has 66 valence electrons. The minimum Gasteiger partial charge on any atom is -0.211 e. The number of nitrogens with zero attached hydrogens (tertiary/aromatic N) is 1. The van der Waals surface area contributed by atoms with Crippen molar-refractivity contribution in [1.29, 1.82) is 0 Å². The first-order chi connectivity index (χ1) is 6.40. The Kier molecular flexibility index (Phi) is 2.48. The predicted molar refractivity (Wildman–Crippen MR) is 52.7 cm³/mol. The van der Waals surface area contributed by atoms with Crippen molar-refractivity contribution < 1.29 is 4.79 Å². The van der Waals surface area contributed by atoms with E-state index < -0.39 is 0 Å². The zero-order chi connectivity index (χ0) is 9.10. The van der Waals surface area contributed by atoms with Gasteiger partial charge in [0.25, 0.3) is 0 Å². The van der Waals surface area contributed by atoms with Crippen molar-refractivity contribution in [2.24, 2.45) is 4.99 Å². The number of benzene rings is 1. The van der Waals surface area contributed by atoms with Gasteiger partial charge in [0, 0.05) is 10.6 Å². The molecule has 13 heavy (non-hydrogen) atoms. The van der Waals surface area contributed by atoms with Gasteiger partial charge in [-0.3, -0.25) is 0 Å². The van der Waals surface area contributed by atoms with Gasteiger partial charge in [-0.25, -0.2) is 9.79 Å². The monoisotopic (exact) mass is 191 g/mol. The predicted octanol–water partition coefficient (Wildman–Crippen LogP) is 2.17. The third-order valence-electron chi connectivity index (χ3n) is 2.08. The molecule has 0 radical (unpaired) electrons. The lowest BCUT2D eigenvalue weighted by molar-refractivity contribution is 0.563. The lowest BCUT2D eigenvalue weighted by Crippen LogP contribution is -1.85. The van der Waals surface area contributed by atoms with Gasteiger partial charge in [-0.05, 0) is 23.6 Å². The number of rotatable bonds is 2. The lowest BCUT2D eigenvalue weighted by Gasteiger charge is -1.99. The standard InChI is InChI=1S/C10H9NOS/c12-7-11-6-8-1-2-10-9(5-8)3-4-13-10/h1-2,5H,3-4,6H2. The zero-order valence-electron chi connectivity index (χ0n) is 7.12. The van der Waals surface area contributed by atoms with Crippen molar-refractivity contribution in [1.82, 2.24) is 0 Å². The van der Waals surface area contributed by atoms with Crippen LogP contribution in [0.4, 0.5) is 0 Å². The maximum Gasteiger partial charge on any atom is 0.235 e. The molecule has 0 atom stereocenters. The van der Waals surface area contributed by atoms with Crippen LogP contribution in [0.2, 0.25) is 0 Å². The van der Waals surface area contributed by atoms with E-state index in [1.807, 2.05) is 17.8 Å². The van der Waals surface area contributed by atoms with E-state index in [4.69, 9.17) is 0 Å². The first kappa shape index (κ1) is 8.54. The summed E-state index contributed by atoms with van der Waals surface area (Å²) >= 11 is 1.89. The summed E-state index contributed by atoms with van der Waals surface area (Å²) in [6, 6.07) is 6.27. The van der Waals surface area contributed by atoms with Gasteiger partial charge in [-0.2, -0.15) is 0 Å². The molecule has 0 spiro atoms. The Balaban J connectivity index is 2.25. The van der Waals surface area contributed by atoms with E-state index in [1.165, 1.54) is 16.2 Å². The van der Waals surface area contributed by atoms with Crippen LogP contribution in [0.1, 0.15) is 11.1 Å². The minimum absolute atomic E-state index is 0.460. The highest BCUT2D eigenvalue weighted by Gasteiger charge is 2.10. The van der Waals surface area contributed by atoms with Crippen molar-refractivity contribution >= 4 is 17.8 Å². The second-order valence-corrected chi connectivity index (χ2v) is 4.08. The minimum atomic E-state index is 0.460. The Bertz CT molecular complexity index is 369. The number of aryl methyl sites for hydroxylation is 1. The highest BCUT2D eigenvalue weighted by atomic mass is 32.2. The number of aliphatic imine (C=N–C) groups is 1. The third kappa shape index (κ3) is 1.82. The quantitative estimate of drug-likeness (QED) is 0.529. The van der Waals surface area contributed by atoms with Crippen LogP contribution in [0.25, 0.3) is 0 Å². The molecule has 0 bridgehead atoms. The molecule has 0 aromatic heterocycles. The molecule has 0 saturated heterocycles. The van der Waals surface area contributed by atoms with Crippen LogP contribution >= 0.6 is 11.8 Å². The fourth-order valence-electron chi connectivity index (χ4n) is 1.46. The molecular formula is C10H9NOS.